The predicted molar refractivity (Wildman–Crippen MR) is 124 cm³/mol. The van der Waals surface area contributed by atoms with Crippen molar-refractivity contribution in [1.29, 1.82) is 0 Å². The molecule has 2 aromatic heterocycles. The molecule has 162 valence electrons. The maximum atomic E-state index is 12.3. The number of ether oxygens (including phenoxy) is 1. The molecule has 8 nitrogen and oxygen atoms in total. The molecule has 4 rings (SSSR count). The largest absolute Gasteiger partial charge is 0.378 e. The third-order valence-electron chi connectivity index (χ3n) is 4.45. The summed E-state index contributed by atoms with van der Waals surface area (Å²) in [5.41, 5.74) is 3.24. The number of rotatable bonds is 7. The maximum Gasteiger partial charge on any atom is 0.271 e. The lowest BCUT2D eigenvalue weighted by atomic mass is 10.2. The second-order valence-corrected chi connectivity index (χ2v) is 10.5. The minimum absolute atomic E-state index is 0.231. The minimum atomic E-state index is -3.62. The summed E-state index contributed by atoms with van der Waals surface area (Å²) < 4.78 is 32.6. The summed E-state index contributed by atoms with van der Waals surface area (Å²) in [6, 6.07) is 13.4. The van der Waals surface area contributed by atoms with E-state index >= 15 is 0 Å². The van der Waals surface area contributed by atoms with Crippen molar-refractivity contribution in [2.24, 2.45) is 5.10 Å². The smallest absolute Gasteiger partial charge is 0.271 e. The standard InChI is InChI=1S/C20H20N4O4S3/c25-20(22-21-14-17-7-8-18(30-17)24-9-11-28-12-10-24)15-3-5-16(6-4-15)23-31(26,27)19-2-1-13-29-19/h1-8,13-14,23H,9-12H2,(H,22,25)/b21-14+. The first kappa shape index (κ1) is 21.5. The van der Waals surface area contributed by atoms with Crippen LogP contribution < -0.4 is 15.0 Å². The van der Waals surface area contributed by atoms with Crippen LogP contribution in [0.15, 0.2) is 63.2 Å². The molecule has 0 spiro atoms. The van der Waals surface area contributed by atoms with E-state index in [4.69, 9.17) is 4.74 Å². The van der Waals surface area contributed by atoms with Crippen LogP contribution in [-0.2, 0) is 14.8 Å². The molecule has 0 bridgehead atoms. The predicted octanol–water partition coefficient (Wildman–Crippen LogP) is 3.21. The monoisotopic (exact) mass is 476 g/mol. The average molecular weight is 477 g/mol. The van der Waals surface area contributed by atoms with E-state index in [1.807, 2.05) is 12.1 Å². The fourth-order valence-electron chi connectivity index (χ4n) is 2.90. The van der Waals surface area contributed by atoms with Crippen molar-refractivity contribution in [3.63, 3.8) is 0 Å². The van der Waals surface area contributed by atoms with Gasteiger partial charge in [-0.3, -0.25) is 9.52 Å². The SMILES string of the molecule is O=C(N/N=C/c1ccc(N2CCOCC2)s1)c1ccc(NS(=O)(=O)c2cccs2)cc1. The van der Waals surface area contributed by atoms with Gasteiger partial charge in [-0.05, 0) is 47.8 Å². The van der Waals surface area contributed by atoms with Gasteiger partial charge in [0.15, 0.2) is 0 Å². The number of hydrogen-bond acceptors (Lipinski definition) is 8. The Morgan fingerprint density at radius 1 is 1.10 bits per heavy atom. The van der Waals surface area contributed by atoms with Gasteiger partial charge in [-0.2, -0.15) is 5.10 Å². The van der Waals surface area contributed by atoms with E-state index in [2.05, 4.69) is 20.1 Å². The Bertz CT molecular complexity index is 1150. The molecule has 0 atom stereocenters. The molecule has 1 fully saturated rings. The zero-order chi connectivity index (χ0) is 21.7. The summed E-state index contributed by atoms with van der Waals surface area (Å²) in [5.74, 6) is -0.381. The summed E-state index contributed by atoms with van der Waals surface area (Å²) in [7, 11) is -3.62. The first-order valence-electron chi connectivity index (χ1n) is 9.44. The molecular formula is C20H20N4O4S3. The summed E-state index contributed by atoms with van der Waals surface area (Å²) >= 11 is 2.73. The Balaban J connectivity index is 1.32. The molecule has 1 amide bonds. The van der Waals surface area contributed by atoms with E-state index in [1.165, 1.54) is 18.2 Å². The van der Waals surface area contributed by atoms with Gasteiger partial charge in [0.2, 0.25) is 0 Å². The van der Waals surface area contributed by atoms with E-state index in [-0.39, 0.29) is 10.1 Å². The Morgan fingerprint density at radius 3 is 2.58 bits per heavy atom. The highest BCUT2D eigenvalue weighted by Gasteiger charge is 2.15. The number of hydrogen-bond donors (Lipinski definition) is 2. The van der Waals surface area contributed by atoms with Crippen LogP contribution in [0.3, 0.4) is 0 Å². The van der Waals surface area contributed by atoms with Crippen LogP contribution in [0.2, 0.25) is 0 Å². The highest BCUT2D eigenvalue weighted by atomic mass is 32.2. The van der Waals surface area contributed by atoms with Crippen LogP contribution in [-0.4, -0.2) is 46.8 Å². The number of thiophene rings is 2. The van der Waals surface area contributed by atoms with E-state index in [0.29, 0.717) is 11.3 Å². The molecule has 0 saturated carbocycles. The quantitative estimate of drug-likeness (QED) is 0.403. The topological polar surface area (TPSA) is 100 Å². The molecule has 0 unspecified atom stereocenters. The number of hydrazone groups is 1. The number of amides is 1. The van der Waals surface area contributed by atoms with Crippen molar-refractivity contribution in [2.45, 2.75) is 4.21 Å². The normalized spacial score (nSPS) is 14.6. The number of nitrogens with one attached hydrogen (secondary N) is 2. The van der Waals surface area contributed by atoms with Gasteiger partial charge in [-0.1, -0.05) is 6.07 Å². The molecule has 0 aliphatic carbocycles. The van der Waals surface area contributed by atoms with E-state index < -0.39 is 10.0 Å². The lowest BCUT2D eigenvalue weighted by molar-refractivity contribution is 0.0955. The van der Waals surface area contributed by atoms with Gasteiger partial charge >= 0.3 is 0 Å². The highest BCUT2D eigenvalue weighted by molar-refractivity contribution is 7.94. The molecule has 31 heavy (non-hydrogen) atoms. The number of sulfonamides is 1. The number of nitrogens with zero attached hydrogens (tertiary/aromatic N) is 2. The molecule has 1 saturated heterocycles. The fraction of sp³-hybridized carbons (Fsp3) is 0.200. The first-order valence-corrected chi connectivity index (χ1v) is 12.6. The van der Waals surface area contributed by atoms with Crippen LogP contribution in [0, 0.1) is 0 Å². The Kier molecular flexibility index (Phi) is 6.66. The van der Waals surface area contributed by atoms with Gasteiger partial charge in [0.25, 0.3) is 15.9 Å². The van der Waals surface area contributed by atoms with E-state index in [9.17, 15) is 13.2 Å². The van der Waals surface area contributed by atoms with Gasteiger partial charge in [-0.25, -0.2) is 13.8 Å². The molecule has 1 aliphatic rings. The van der Waals surface area contributed by atoms with Gasteiger partial charge < -0.3 is 9.64 Å². The average Bonchev–Trinajstić information content (AvgIpc) is 3.48. The van der Waals surface area contributed by atoms with Crippen molar-refractivity contribution >= 4 is 55.5 Å². The van der Waals surface area contributed by atoms with Crippen LogP contribution in [0.5, 0.6) is 0 Å². The van der Waals surface area contributed by atoms with Gasteiger partial charge in [-0.15, -0.1) is 22.7 Å². The number of benzene rings is 1. The first-order chi connectivity index (χ1) is 15.0. The van der Waals surface area contributed by atoms with Gasteiger partial charge in [0.1, 0.15) is 4.21 Å². The zero-order valence-corrected chi connectivity index (χ0v) is 18.8. The van der Waals surface area contributed by atoms with Crippen molar-refractivity contribution in [3.8, 4) is 0 Å². The summed E-state index contributed by atoms with van der Waals surface area (Å²) in [6.07, 6.45) is 1.61. The highest BCUT2D eigenvalue weighted by Crippen LogP contribution is 2.25. The molecule has 3 aromatic rings. The Morgan fingerprint density at radius 2 is 1.87 bits per heavy atom. The fourth-order valence-corrected chi connectivity index (χ4v) is 5.88. The van der Waals surface area contributed by atoms with Gasteiger partial charge in [0, 0.05) is 29.2 Å². The summed E-state index contributed by atoms with van der Waals surface area (Å²) in [4.78, 5) is 15.5. The summed E-state index contributed by atoms with van der Waals surface area (Å²) in [6.45, 7) is 3.19. The third-order valence-corrected chi connectivity index (χ3v) is 8.31. The lowest BCUT2D eigenvalue weighted by Crippen LogP contribution is -2.35. The molecule has 3 heterocycles. The molecule has 11 heteroatoms. The molecule has 1 aliphatic heterocycles. The lowest BCUT2D eigenvalue weighted by Gasteiger charge is -2.27. The number of morpholine rings is 1. The summed E-state index contributed by atoms with van der Waals surface area (Å²) in [5, 5.41) is 6.87. The van der Waals surface area contributed by atoms with E-state index in [1.54, 1.807) is 41.1 Å². The molecule has 1 aromatic carbocycles. The molecule has 2 N–H and O–H groups in total. The molecular weight excluding hydrogens is 456 g/mol. The third kappa shape index (κ3) is 5.50. The van der Waals surface area contributed by atoms with Crippen LogP contribution in [0.4, 0.5) is 10.7 Å². The molecule has 0 radical (unpaired) electrons. The van der Waals surface area contributed by atoms with Crippen molar-refractivity contribution < 1.29 is 17.9 Å². The maximum absolute atomic E-state index is 12.3. The minimum Gasteiger partial charge on any atom is -0.378 e. The van der Waals surface area contributed by atoms with Crippen molar-refractivity contribution in [1.82, 2.24) is 5.43 Å². The second-order valence-electron chi connectivity index (χ2n) is 6.59. The number of carbonyl (C=O) groups is 1. The van der Waals surface area contributed by atoms with Crippen LogP contribution in [0.25, 0.3) is 0 Å². The van der Waals surface area contributed by atoms with Crippen LogP contribution in [0.1, 0.15) is 15.2 Å². The van der Waals surface area contributed by atoms with Gasteiger partial charge in [0.05, 0.1) is 24.4 Å². The Labute approximate surface area is 188 Å². The number of anilines is 2. The second kappa shape index (κ2) is 9.60. The number of carbonyl (C=O) groups excluding carboxylic acids is 1. The van der Waals surface area contributed by atoms with Crippen molar-refractivity contribution in [3.05, 3.63) is 64.4 Å². The Hall–Kier alpha value is -2.73. The van der Waals surface area contributed by atoms with Crippen molar-refractivity contribution in [2.75, 3.05) is 35.9 Å². The van der Waals surface area contributed by atoms with E-state index in [0.717, 1.165) is 47.5 Å². The zero-order valence-electron chi connectivity index (χ0n) is 16.4. The van der Waals surface area contributed by atoms with Crippen LogP contribution >= 0.6 is 22.7 Å².